The zero-order chi connectivity index (χ0) is 30.3. The molecular formula is C34H64O6. The van der Waals surface area contributed by atoms with Crippen LogP contribution in [0.3, 0.4) is 0 Å². The molecule has 0 saturated carbocycles. The molecule has 0 fully saturated rings. The molecular weight excluding hydrogens is 504 g/mol. The molecule has 40 heavy (non-hydrogen) atoms. The van der Waals surface area contributed by atoms with Gasteiger partial charge < -0.3 is 14.2 Å². The second kappa shape index (κ2) is 23.0. The van der Waals surface area contributed by atoms with E-state index in [4.69, 9.17) is 14.2 Å². The van der Waals surface area contributed by atoms with E-state index in [0.717, 1.165) is 12.8 Å². The third-order valence-corrected chi connectivity index (χ3v) is 8.59. The van der Waals surface area contributed by atoms with Gasteiger partial charge in [-0.15, -0.1) is 0 Å². The summed E-state index contributed by atoms with van der Waals surface area (Å²) in [6, 6.07) is 0. The zero-order valence-corrected chi connectivity index (χ0v) is 27.4. The van der Waals surface area contributed by atoms with Gasteiger partial charge >= 0.3 is 17.9 Å². The maximum absolute atomic E-state index is 12.8. The molecule has 2 unspecified atom stereocenters. The van der Waals surface area contributed by atoms with Crippen LogP contribution in [0.1, 0.15) is 163 Å². The van der Waals surface area contributed by atoms with Crippen LogP contribution in [0.15, 0.2) is 0 Å². The Hall–Kier alpha value is -1.59. The number of hydrogen-bond donors (Lipinski definition) is 0. The highest BCUT2D eigenvalue weighted by atomic mass is 16.5. The van der Waals surface area contributed by atoms with Crippen LogP contribution in [0.25, 0.3) is 0 Å². The third kappa shape index (κ3) is 17.3. The number of rotatable bonds is 26. The van der Waals surface area contributed by atoms with Crippen LogP contribution in [0, 0.1) is 16.7 Å². The molecule has 0 radical (unpaired) electrons. The molecule has 6 nitrogen and oxygen atoms in total. The fraction of sp³-hybridized carbons (Fsp3) is 0.912. The highest BCUT2D eigenvalue weighted by Crippen LogP contribution is 2.36. The highest BCUT2D eigenvalue weighted by Gasteiger charge is 2.39. The Kier molecular flexibility index (Phi) is 22.1. The van der Waals surface area contributed by atoms with Crippen molar-refractivity contribution in [1.29, 1.82) is 0 Å². The second-order valence-electron chi connectivity index (χ2n) is 12.7. The van der Waals surface area contributed by atoms with Gasteiger partial charge in [0.05, 0.1) is 37.6 Å². The Bertz CT molecular complexity index is 673. The van der Waals surface area contributed by atoms with Crippen molar-refractivity contribution in [2.75, 3.05) is 20.8 Å². The number of esters is 3. The van der Waals surface area contributed by atoms with Crippen molar-refractivity contribution < 1.29 is 28.6 Å². The summed E-state index contributed by atoms with van der Waals surface area (Å²) in [6.07, 6.45) is 22.8. The first-order valence-corrected chi connectivity index (χ1v) is 16.4. The third-order valence-electron chi connectivity index (χ3n) is 8.59. The summed E-state index contributed by atoms with van der Waals surface area (Å²) in [5, 5.41) is 0. The van der Waals surface area contributed by atoms with E-state index in [0.29, 0.717) is 32.3 Å². The Labute approximate surface area is 247 Å². The van der Waals surface area contributed by atoms with Crippen LogP contribution >= 0.6 is 0 Å². The molecule has 0 saturated heterocycles. The second-order valence-corrected chi connectivity index (χ2v) is 12.7. The average molecular weight is 569 g/mol. The van der Waals surface area contributed by atoms with Gasteiger partial charge in [0.2, 0.25) is 0 Å². The van der Waals surface area contributed by atoms with E-state index in [9.17, 15) is 14.4 Å². The molecule has 2 atom stereocenters. The summed E-state index contributed by atoms with van der Waals surface area (Å²) < 4.78 is 15.6. The molecule has 0 aliphatic rings. The molecule has 0 aromatic carbocycles. The van der Waals surface area contributed by atoms with E-state index in [-0.39, 0.29) is 17.9 Å². The van der Waals surface area contributed by atoms with Crippen molar-refractivity contribution in [3.05, 3.63) is 0 Å². The Morgan fingerprint density at radius 3 is 1.48 bits per heavy atom. The topological polar surface area (TPSA) is 78.9 Å². The predicted molar refractivity (Wildman–Crippen MR) is 164 cm³/mol. The lowest BCUT2D eigenvalue weighted by Crippen LogP contribution is -2.35. The van der Waals surface area contributed by atoms with Crippen molar-refractivity contribution >= 4 is 17.9 Å². The molecule has 236 valence electrons. The van der Waals surface area contributed by atoms with E-state index < -0.39 is 16.7 Å². The van der Waals surface area contributed by atoms with Crippen LogP contribution in [-0.4, -0.2) is 38.7 Å². The lowest BCUT2D eigenvalue weighted by atomic mass is 9.75. The quantitative estimate of drug-likeness (QED) is 0.0587. The number of carbonyl (C=O) groups excluding carboxylic acids is 3. The summed E-state index contributed by atoms with van der Waals surface area (Å²) >= 11 is 0. The predicted octanol–water partition coefficient (Wildman–Crippen LogP) is 9.37. The minimum absolute atomic E-state index is 0.233. The number of hydrogen-bond acceptors (Lipinski definition) is 6. The van der Waals surface area contributed by atoms with E-state index in [2.05, 4.69) is 6.92 Å². The van der Waals surface area contributed by atoms with Gasteiger partial charge in [0.15, 0.2) is 0 Å². The van der Waals surface area contributed by atoms with Gasteiger partial charge in [-0.3, -0.25) is 14.4 Å². The smallest absolute Gasteiger partial charge is 0.311 e. The van der Waals surface area contributed by atoms with E-state index in [1.807, 2.05) is 27.7 Å². The maximum atomic E-state index is 12.8. The molecule has 0 aromatic heterocycles. The number of unbranched alkanes of at least 4 members (excludes halogenated alkanes) is 15. The number of methoxy groups -OCH3 is 2. The highest BCUT2D eigenvalue weighted by molar-refractivity contribution is 5.79. The molecule has 0 aliphatic heterocycles. The number of carbonyl (C=O) groups is 3. The Morgan fingerprint density at radius 2 is 1.07 bits per heavy atom. The first-order valence-electron chi connectivity index (χ1n) is 16.4. The van der Waals surface area contributed by atoms with Gasteiger partial charge in [-0.05, 0) is 52.9 Å². The maximum Gasteiger partial charge on any atom is 0.311 e. The SMILES string of the molecule is CCCCCCCCCCCCCCCCCCOC(=O)C(C)(C)CCC(CC(C)(CC)C(=O)OC)C(=O)OC. The zero-order valence-electron chi connectivity index (χ0n) is 27.4. The minimum atomic E-state index is -0.772. The van der Waals surface area contributed by atoms with Crippen LogP contribution in [0.4, 0.5) is 0 Å². The van der Waals surface area contributed by atoms with E-state index in [1.165, 1.54) is 104 Å². The van der Waals surface area contributed by atoms with E-state index >= 15 is 0 Å². The first-order chi connectivity index (χ1) is 19.1. The summed E-state index contributed by atoms with van der Waals surface area (Å²) in [6.45, 7) is 10.1. The average Bonchev–Trinajstić information content (AvgIpc) is 2.95. The normalized spacial score (nSPS) is 13.9. The van der Waals surface area contributed by atoms with Gasteiger partial charge in [0, 0.05) is 0 Å². The van der Waals surface area contributed by atoms with Gasteiger partial charge in [-0.1, -0.05) is 110 Å². The molecule has 0 aromatic rings. The molecule has 0 aliphatic carbocycles. The van der Waals surface area contributed by atoms with Crippen LogP contribution in [-0.2, 0) is 28.6 Å². The lowest BCUT2D eigenvalue weighted by Gasteiger charge is -2.30. The molecule has 0 amide bonds. The molecule has 0 heterocycles. The molecule has 0 N–H and O–H groups in total. The standard InChI is InChI=1S/C34H64O6/c1-8-10-11-12-13-14-15-16-17-18-19-20-21-22-23-24-27-40-31(36)33(3,4)26-25-29(30(35)38-6)28-34(5,9-2)32(37)39-7/h29H,8-28H2,1-7H3. The largest absolute Gasteiger partial charge is 0.469 e. The van der Waals surface area contributed by atoms with Crippen LogP contribution < -0.4 is 0 Å². The fourth-order valence-electron chi connectivity index (χ4n) is 5.28. The van der Waals surface area contributed by atoms with E-state index in [1.54, 1.807) is 0 Å². The first kappa shape index (κ1) is 38.4. The van der Waals surface area contributed by atoms with Crippen molar-refractivity contribution in [3.8, 4) is 0 Å². The summed E-state index contributed by atoms with van der Waals surface area (Å²) in [5.41, 5.74) is -1.49. The van der Waals surface area contributed by atoms with Gasteiger partial charge in [0.25, 0.3) is 0 Å². The van der Waals surface area contributed by atoms with Gasteiger partial charge in [0.1, 0.15) is 0 Å². The molecule has 0 spiro atoms. The molecule has 6 heteroatoms. The van der Waals surface area contributed by atoms with Crippen molar-refractivity contribution in [3.63, 3.8) is 0 Å². The summed E-state index contributed by atoms with van der Waals surface area (Å²) in [5.74, 6) is -1.41. The van der Waals surface area contributed by atoms with Gasteiger partial charge in [-0.2, -0.15) is 0 Å². The molecule has 0 rings (SSSR count). The fourth-order valence-corrected chi connectivity index (χ4v) is 5.28. The van der Waals surface area contributed by atoms with Crippen LogP contribution in [0.2, 0.25) is 0 Å². The van der Waals surface area contributed by atoms with Crippen molar-refractivity contribution in [2.45, 2.75) is 163 Å². The summed E-state index contributed by atoms with van der Waals surface area (Å²) in [4.78, 5) is 37.5. The molecule has 0 bridgehead atoms. The number of ether oxygens (including phenoxy) is 3. The lowest BCUT2D eigenvalue weighted by molar-refractivity contribution is -0.158. The minimum Gasteiger partial charge on any atom is -0.469 e. The van der Waals surface area contributed by atoms with Crippen molar-refractivity contribution in [1.82, 2.24) is 0 Å². The van der Waals surface area contributed by atoms with Crippen LogP contribution in [0.5, 0.6) is 0 Å². The summed E-state index contributed by atoms with van der Waals surface area (Å²) in [7, 11) is 2.72. The van der Waals surface area contributed by atoms with Crippen molar-refractivity contribution in [2.24, 2.45) is 16.7 Å². The Balaban J connectivity index is 4.08. The Morgan fingerprint density at radius 1 is 0.625 bits per heavy atom. The van der Waals surface area contributed by atoms with Gasteiger partial charge in [-0.25, -0.2) is 0 Å². The monoisotopic (exact) mass is 568 g/mol.